The smallest absolute Gasteiger partial charge is 0.237 e. The summed E-state index contributed by atoms with van der Waals surface area (Å²) in [5.41, 5.74) is 5.44. The minimum atomic E-state index is -0.781. The Bertz CT molecular complexity index is 542. The molecule has 0 radical (unpaired) electrons. The number of ether oxygens (including phenoxy) is 1. The Morgan fingerprint density at radius 1 is 1.45 bits per heavy atom. The lowest BCUT2D eigenvalue weighted by Gasteiger charge is -2.26. The molecule has 3 N–H and O–H groups in total. The van der Waals surface area contributed by atoms with Gasteiger partial charge in [-0.25, -0.2) is 4.39 Å². The molecule has 0 bridgehead atoms. The lowest BCUT2D eigenvalue weighted by molar-refractivity contribution is -0.122. The highest BCUT2D eigenvalue weighted by atomic mass is 32.1. The van der Waals surface area contributed by atoms with Crippen LogP contribution in [0.25, 0.3) is 0 Å². The van der Waals surface area contributed by atoms with Crippen LogP contribution in [0.5, 0.6) is 5.75 Å². The molecular weight excluding hydrogens is 279 g/mol. The summed E-state index contributed by atoms with van der Waals surface area (Å²) in [4.78, 5) is 12.7. The van der Waals surface area contributed by atoms with Gasteiger partial charge in [-0.15, -0.1) is 0 Å². The summed E-state index contributed by atoms with van der Waals surface area (Å²) in [7, 11) is 1.37. The van der Waals surface area contributed by atoms with E-state index in [0.717, 1.165) is 12.8 Å². The van der Waals surface area contributed by atoms with E-state index in [2.05, 4.69) is 5.32 Å². The largest absolute Gasteiger partial charge is 0.494 e. The first-order valence-electron chi connectivity index (χ1n) is 6.44. The first-order valence-corrected chi connectivity index (χ1v) is 6.85. The zero-order chi connectivity index (χ0) is 14.8. The molecule has 1 amide bonds. The highest BCUT2D eigenvalue weighted by molar-refractivity contribution is 7.80. The summed E-state index contributed by atoms with van der Waals surface area (Å²) < 4.78 is 18.2. The van der Waals surface area contributed by atoms with Gasteiger partial charge in [0.25, 0.3) is 0 Å². The van der Waals surface area contributed by atoms with Crippen molar-refractivity contribution in [3.8, 4) is 5.75 Å². The molecule has 20 heavy (non-hydrogen) atoms. The van der Waals surface area contributed by atoms with Crippen molar-refractivity contribution < 1.29 is 13.9 Å². The SMILES string of the molecule is COc1cc(NC(=O)C2(C(N)=S)CCCC2)ccc1F. The fourth-order valence-electron chi connectivity index (χ4n) is 2.55. The molecule has 1 aliphatic rings. The summed E-state index contributed by atoms with van der Waals surface area (Å²) in [6.07, 6.45) is 3.17. The van der Waals surface area contributed by atoms with Gasteiger partial charge in [0.1, 0.15) is 0 Å². The second kappa shape index (κ2) is 5.75. The molecule has 0 spiro atoms. The van der Waals surface area contributed by atoms with Crippen LogP contribution >= 0.6 is 12.2 Å². The first kappa shape index (κ1) is 14.7. The van der Waals surface area contributed by atoms with Crippen LogP contribution in [0.15, 0.2) is 18.2 Å². The van der Waals surface area contributed by atoms with Crippen LogP contribution in [-0.2, 0) is 4.79 Å². The van der Waals surface area contributed by atoms with E-state index in [4.69, 9.17) is 22.7 Å². The van der Waals surface area contributed by atoms with Gasteiger partial charge in [-0.3, -0.25) is 4.79 Å². The van der Waals surface area contributed by atoms with Crippen LogP contribution in [-0.4, -0.2) is 18.0 Å². The Kier molecular flexibility index (Phi) is 4.23. The summed E-state index contributed by atoms with van der Waals surface area (Å²) in [5.74, 6) is -0.620. The van der Waals surface area contributed by atoms with Gasteiger partial charge in [0.05, 0.1) is 17.5 Å². The molecule has 0 unspecified atom stereocenters. The molecule has 0 saturated heterocycles. The number of benzene rings is 1. The Morgan fingerprint density at radius 3 is 2.65 bits per heavy atom. The zero-order valence-corrected chi connectivity index (χ0v) is 12.1. The van der Waals surface area contributed by atoms with Gasteiger partial charge in [-0.05, 0) is 25.0 Å². The second-order valence-corrected chi connectivity index (χ2v) is 5.40. The maximum Gasteiger partial charge on any atom is 0.237 e. The Hall–Kier alpha value is -1.69. The zero-order valence-electron chi connectivity index (χ0n) is 11.2. The van der Waals surface area contributed by atoms with E-state index in [1.807, 2.05) is 0 Å². The molecule has 1 saturated carbocycles. The number of nitrogens with two attached hydrogens (primary N) is 1. The van der Waals surface area contributed by atoms with E-state index >= 15 is 0 Å². The van der Waals surface area contributed by atoms with E-state index in [0.29, 0.717) is 18.5 Å². The number of hydrogen-bond acceptors (Lipinski definition) is 3. The Labute approximate surface area is 122 Å². The molecule has 4 nitrogen and oxygen atoms in total. The average molecular weight is 296 g/mol. The summed E-state index contributed by atoms with van der Waals surface area (Å²) >= 11 is 5.06. The van der Waals surface area contributed by atoms with Crippen LogP contribution in [0.2, 0.25) is 0 Å². The quantitative estimate of drug-likeness (QED) is 0.838. The van der Waals surface area contributed by atoms with Crippen LogP contribution in [0.3, 0.4) is 0 Å². The number of hydrogen-bond donors (Lipinski definition) is 2. The van der Waals surface area contributed by atoms with Crippen molar-refractivity contribution in [2.24, 2.45) is 11.1 Å². The summed E-state index contributed by atoms with van der Waals surface area (Å²) in [6.45, 7) is 0. The predicted molar refractivity (Wildman–Crippen MR) is 79.3 cm³/mol. The van der Waals surface area contributed by atoms with Crippen molar-refractivity contribution in [2.75, 3.05) is 12.4 Å². The number of carbonyl (C=O) groups is 1. The molecule has 0 heterocycles. The number of halogens is 1. The van der Waals surface area contributed by atoms with E-state index in [1.54, 1.807) is 0 Å². The predicted octanol–water partition coefficient (Wildman–Crippen LogP) is 2.62. The summed E-state index contributed by atoms with van der Waals surface area (Å²) in [5, 5.41) is 2.75. The molecular formula is C14H17FN2O2S. The topological polar surface area (TPSA) is 64.3 Å². The molecule has 0 aliphatic heterocycles. The molecule has 108 valence electrons. The molecule has 1 fully saturated rings. The van der Waals surface area contributed by atoms with E-state index in [9.17, 15) is 9.18 Å². The van der Waals surface area contributed by atoms with E-state index in [1.165, 1.54) is 25.3 Å². The normalized spacial score (nSPS) is 16.7. The molecule has 1 aromatic carbocycles. The second-order valence-electron chi connectivity index (χ2n) is 4.96. The van der Waals surface area contributed by atoms with Gasteiger partial charge in [0.15, 0.2) is 11.6 Å². The monoisotopic (exact) mass is 296 g/mol. The van der Waals surface area contributed by atoms with Gasteiger partial charge < -0.3 is 15.8 Å². The maximum absolute atomic E-state index is 13.3. The van der Waals surface area contributed by atoms with Crippen molar-refractivity contribution in [2.45, 2.75) is 25.7 Å². The summed E-state index contributed by atoms with van der Waals surface area (Å²) in [6, 6.07) is 4.17. The van der Waals surface area contributed by atoms with Crippen molar-refractivity contribution in [3.05, 3.63) is 24.0 Å². The lowest BCUT2D eigenvalue weighted by atomic mass is 9.85. The first-order chi connectivity index (χ1) is 9.49. The van der Waals surface area contributed by atoms with Crippen LogP contribution < -0.4 is 15.8 Å². The molecule has 1 aliphatic carbocycles. The molecule has 6 heteroatoms. The maximum atomic E-state index is 13.3. The van der Waals surface area contributed by atoms with Gasteiger partial charge in [-0.2, -0.15) is 0 Å². The van der Waals surface area contributed by atoms with Gasteiger partial charge >= 0.3 is 0 Å². The fourth-order valence-corrected chi connectivity index (χ4v) is 2.85. The van der Waals surface area contributed by atoms with Crippen LogP contribution in [0.1, 0.15) is 25.7 Å². The Balaban J connectivity index is 2.21. The number of rotatable bonds is 4. The molecule has 1 aromatic rings. The third-order valence-electron chi connectivity index (χ3n) is 3.77. The van der Waals surface area contributed by atoms with E-state index in [-0.39, 0.29) is 16.6 Å². The third kappa shape index (κ3) is 2.60. The standard InChI is InChI=1S/C14H17FN2O2S/c1-19-11-8-9(4-5-10(11)15)17-13(18)14(12(16)20)6-2-3-7-14/h4-5,8H,2-3,6-7H2,1H3,(H2,16,20)(H,17,18). The number of amides is 1. The fraction of sp³-hybridized carbons (Fsp3) is 0.429. The number of anilines is 1. The number of nitrogens with one attached hydrogen (secondary N) is 1. The Morgan fingerprint density at radius 2 is 2.10 bits per heavy atom. The van der Waals surface area contributed by atoms with E-state index < -0.39 is 11.2 Å². The highest BCUT2D eigenvalue weighted by Crippen LogP contribution is 2.39. The minimum absolute atomic E-state index is 0.0820. The number of methoxy groups -OCH3 is 1. The van der Waals surface area contributed by atoms with Crippen molar-refractivity contribution >= 4 is 28.8 Å². The lowest BCUT2D eigenvalue weighted by Crippen LogP contribution is -2.43. The van der Waals surface area contributed by atoms with Gasteiger partial charge in [0, 0.05) is 11.8 Å². The number of carbonyl (C=O) groups excluding carboxylic acids is 1. The van der Waals surface area contributed by atoms with Gasteiger partial charge in [0.2, 0.25) is 5.91 Å². The van der Waals surface area contributed by atoms with Crippen LogP contribution in [0.4, 0.5) is 10.1 Å². The molecule has 0 aromatic heterocycles. The van der Waals surface area contributed by atoms with Crippen molar-refractivity contribution in [1.29, 1.82) is 0 Å². The van der Waals surface area contributed by atoms with Crippen molar-refractivity contribution in [3.63, 3.8) is 0 Å². The average Bonchev–Trinajstić information content (AvgIpc) is 2.91. The third-order valence-corrected chi connectivity index (χ3v) is 4.16. The highest BCUT2D eigenvalue weighted by Gasteiger charge is 2.43. The van der Waals surface area contributed by atoms with Crippen molar-refractivity contribution in [1.82, 2.24) is 0 Å². The van der Waals surface area contributed by atoms with Gasteiger partial charge in [-0.1, -0.05) is 25.1 Å². The minimum Gasteiger partial charge on any atom is -0.494 e. The van der Waals surface area contributed by atoms with Crippen LogP contribution in [0, 0.1) is 11.2 Å². The molecule has 0 atom stereocenters. The number of thiocarbonyl (C=S) groups is 1. The molecule has 2 rings (SSSR count).